The van der Waals surface area contributed by atoms with E-state index in [9.17, 15) is 0 Å². The zero-order valence-corrected chi connectivity index (χ0v) is 22.7. The molecule has 0 radical (unpaired) electrons. The first-order valence-corrected chi connectivity index (χ1v) is 13.8. The molecule has 0 aliphatic carbocycles. The minimum absolute atomic E-state index is 0.720. The average molecular weight is 548 g/mol. The van der Waals surface area contributed by atoms with Crippen molar-refractivity contribution < 1.29 is 0 Å². The Labute approximate surface area is 242 Å². The van der Waals surface area contributed by atoms with Crippen molar-refractivity contribution >= 4 is 22.8 Å². The highest BCUT2D eigenvalue weighted by Crippen LogP contribution is 2.21. The van der Waals surface area contributed by atoms with E-state index in [-0.39, 0.29) is 0 Å². The molecule has 7 rings (SSSR count). The van der Waals surface area contributed by atoms with Crippen LogP contribution >= 0.6 is 0 Å². The summed E-state index contributed by atoms with van der Waals surface area (Å²) < 4.78 is 0. The molecule has 2 aliphatic heterocycles. The molecule has 0 spiro atoms. The van der Waals surface area contributed by atoms with Gasteiger partial charge in [0.2, 0.25) is 0 Å². The number of aromatic nitrogens is 5. The van der Waals surface area contributed by atoms with Crippen molar-refractivity contribution in [2.45, 2.75) is 25.7 Å². The monoisotopic (exact) mass is 547 g/mol. The van der Waals surface area contributed by atoms with Crippen LogP contribution in [0.15, 0.2) is 124 Å². The maximum absolute atomic E-state index is 4.88. The first kappa shape index (κ1) is 25.4. The second-order valence-electron chi connectivity index (χ2n) is 9.84. The Balaban J connectivity index is 1.10. The summed E-state index contributed by atoms with van der Waals surface area (Å²) in [6, 6.07) is 29.3. The first-order valence-electron chi connectivity index (χ1n) is 13.8. The smallest absolute Gasteiger partial charge is 0.0894 e. The number of nitrogens with zero attached hydrogens (tertiary/aromatic N) is 9. The standard InChI is InChI=1S/C33H25N9/c1-3-20-34-22(8-1)24-10-5-12-26(36-24)30-16-18-32(41-39-30)28-14-7-15-29(38-28)33-19-17-31(40-42-33)27-13-6-11-25(37-27)23-9-2-4-21-35-23/h1-15,20-21H,16-19H2. The lowest BCUT2D eigenvalue weighted by molar-refractivity contribution is 1.00. The van der Waals surface area contributed by atoms with Crippen molar-refractivity contribution in [3.63, 3.8) is 0 Å². The van der Waals surface area contributed by atoms with Crippen LogP contribution in [0.3, 0.4) is 0 Å². The topological polar surface area (TPSA) is 114 Å². The summed E-state index contributed by atoms with van der Waals surface area (Å²) in [5.41, 5.74) is 9.91. The van der Waals surface area contributed by atoms with Crippen molar-refractivity contribution in [2.75, 3.05) is 0 Å². The fraction of sp³-hybridized carbons (Fsp3) is 0.121. The van der Waals surface area contributed by atoms with Gasteiger partial charge in [0.15, 0.2) is 0 Å². The van der Waals surface area contributed by atoms with E-state index in [0.717, 1.165) is 94.1 Å². The van der Waals surface area contributed by atoms with Crippen molar-refractivity contribution in [1.82, 2.24) is 24.9 Å². The molecule has 2 aliphatic rings. The van der Waals surface area contributed by atoms with Gasteiger partial charge >= 0.3 is 0 Å². The van der Waals surface area contributed by atoms with Crippen molar-refractivity contribution in [2.24, 2.45) is 20.4 Å². The van der Waals surface area contributed by atoms with Gasteiger partial charge in [-0.3, -0.25) is 9.97 Å². The van der Waals surface area contributed by atoms with Gasteiger partial charge in [-0.05, 0) is 86.3 Å². The highest BCUT2D eigenvalue weighted by Gasteiger charge is 2.19. The molecule has 0 unspecified atom stereocenters. The number of rotatable bonds is 6. The van der Waals surface area contributed by atoms with E-state index in [2.05, 4.69) is 30.4 Å². The third kappa shape index (κ3) is 5.40. The van der Waals surface area contributed by atoms with Crippen LogP contribution < -0.4 is 0 Å². The number of hydrogen-bond acceptors (Lipinski definition) is 9. The summed E-state index contributed by atoms with van der Waals surface area (Å²) in [5.74, 6) is 0. The van der Waals surface area contributed by atoms with E-state index in [0.29, 0.717) is 0 Å². The van der Waals surface area contributed by atoms with Gasteiger partial charge in [-0.15, -0.1) is 0 Å². The Hall–Kier alpha value is -5.57. The van der Waals surface area contributed by atoms with E-state index in [1.165, 1.54) is 0 Å². The predicted octanol–water partition coefficient (Wildman–Crippen LogP) is 5.97. The fourth-order valence-electron chi connectivity index (χ4n) is 4.89. The summed E-state index contributed by atoms with van der Waals surface area (Å²) in [4.78, 5) is 23.2. The van der Waals surface area contributed by atoms with E-state index in [1.54, 1.807) is 12.4 Å². The molecule has 0 aromatic carbocycles. The zero-order chi connectivity index (χ0) is 28.1. The van der Waals surface area contributed by atoms with Crippen LogP contribution in [0.5, 0.6) is 0 Å². The van der Waals surface area contributed by atoms with Gasteiger partial charge in [-0.1, -0.05) is 30.3 Å². The second kappa shape index (κ2) is 11.5. The summed E-state index contributed by atoms with van der Waals surface area (Å²) in [7, 11) is 0. The molecule has 0 N–H and O–H groups in total. The first-order chi connectivity index (χ1) is 20.8. The number of hydrogen-bond donors (Lipinski definition) is 0. The molecule has 7 heterocycles. The SMILES string of the molecule is c1ccc(-c2cccc(C3=NN=C(c4cccc(C5=NN=C(c6cccc(-c7ccccn7)n6)CC5)n4)CC3)n2)nc1. The Morgan fingerprint density at radius 2 is 0.619 bits per heavy atom. The molecule has 0 saturated carbocycles. The van der Waals surface area contributed by atoms with Crippen LogP contribution in [0.2, 0.25) is 0 Å². The predicted molar refractivity (Wildman–Crippen MR) is 164 cm³/mol. The van der Waals surface area contributed by atoms with E-state index >= 15 is 0 Å². The van der Waals surface area contributed by atoms with Crippen LogP contribution in [0, 0.1) is 0 Å². The Morgan fingerprint density at radius 3 is 0.929 bits per heavy atom. The van der Waals surface area contributed by atoms with Crippen molar-refractivity contribution in [1.29, 1.82) is 0 Å². The Morgan fingerprint density at radius 1 is 0.310 bits per heavy atom. The molecule has 202 valence electrons. The van der Waals surface area contributed by atoms with E-state index in [4.69, 9.17) is 15.0 Å². The van der Waals surface area contributed by atoms with E-state index in [1.807, 2.05) is 91.0 Å². The van der Waals surface area contributed by atoms with Crippen LogP contribution in [-0.4, -0.2) is 47.8 Å². The molecule has 0 atom stereocenters. The molecule has 42 heavy (non-hydrogen) atoms. The van der Waals surface area contributed by atoms with Gasteiger partial charge in [-0.25, -0.2) is 15.0 Å². The summed E-state index contributed by atoms with van der Waals surface area (Å²) in [6.07, 6.45) is 6.42. The van der Waals surface area contributed by atoms with Gasteiger partial charge in [0.05, 0.1) is 68.4 Å². The van der Waals surface area contributed by atoms with Crippen LogP contribution in [-0.2, 0) is 0 Å². The number of pyridine rings is 5. The Kier molecular flexibility index (Phi) is 6.96. The lowest BCUT2D eigenvalue weighted by Gasteiger charge is -2.15. The van der Waals surface area contributed by atoms with Gasteiger partial charge in [-0.2, -0.15) is 20.4 Å². The largest absolute Gasteiger partial charge is 0.255 e. The highest BCUT2D eigenvalue weighted by molar-refractivity contribution is 6.10. The summed E-state index contributed by atoms with van der Waals surface area (Å²) in [5, 5.41) is 18.1. The van der Waals surface area contributed by atoms with Crippen LogP contribution in [0.25, 0.3) is 22.8 Å². The minimum atomic E-state index is 0.720. The van der Waals surface area contributed by atoms with Crippen LogP contribution in [0.4, 0.5) is 0 Å². The third-order valence-electron chi connectivity index (χ3n) is 7.06. The maximum atomic E-state index is 4.88. The highest BCUT2D eigenvalue weighted by atomic mass is 15.2. The molecule has 5 aromatic rings. The van der Waals surface area contributed by atoms with Gasteiger partial charge in [0.25, 0.3) is 0 Å². The molecule has 9 nitrogen and oxygen atoms in total. The molecule has 0 fully saturated rings. The normalized spacial score (nSPS) is 14.9. The average Bonchev–Trinajstić information content (AvgIpc) is 3.09. The molecular formula is C33H25N9. The van der Waals surface area contributed by atoms with Gasteiger partial charge in [0.1, 0.15) is 0 Å². The molecule has 9 heteroatoms. The maximum Gasteiger partial charge on any atom is 0.0894 e. The summed E-state index contributed by atoms with van der Waals surface area (Å²) in [6.45, 7) is 0. The lowest BCUT2D eigenvalue weighted by atomic mass is 10.0. The van der Waals surface area contributed by atoms with Gasteiger partial charge < -0.3 is 0 Å². The second-order valence-corrected chi connectivity index (χ2v) is 9.84. The quantitative estimate of drug-likeness (QED) is 0.260. The minimum Gasteiger partial charge on any atom is -0.255 e. The zero-order valence-electron chi connectivity index (χ0n) is 22.7. The molecular weight excluding hydrogens is 522 g/mol. The van der Waals surface area contributed by atoms with E-state index < -0.39 is 0 Å². The van der Waals surface area contributed by atoms with Crippen molar-refractivity contribution in [3.05, 3.63) is 126 Å². The molecule has 5 aromatic heterocycles. The van der Waals surface area contributed by atoms with Crippen LogP contribution in [0.1, 0.15) is 48.5 Å². The third-order valence-corrected chi connectivity index (χ3v) is 7.06. The lowest BCUT2D eigenvalue weighted by Crippen LogP contribution is -2.17. The Bertz CT molecular complexity index is 1740. The molecule has 0 amide bonds. The summed E-state index contributed by atoms with van der Waals surface area (Å²) >= 11 is 0. The molecule has 0 saturated heterocycles. The van der Waals surface area contributed by atoms with Crippen molar-refractivity contribution in [3.8, 4) is 22.8 Å². The fourth-order valence-corrected chi connectivity index (χ4v) is 4.89. The van der Waals surface area contributed by atoms with Gasteiger partial charge in [0, 0.05) is 12.4 Å². The molecule has 0 bridgehead atoms.